The minimum Gasteiger partial charge on any atom is -0.361 e. The molecule has 0 bridgehead atoms. The van der Waals surface area contributed by atoms with Crippen molar-refractivity contribution in [3.63, 3.8) is 0 Å². The minimum absolute atomic E-state index is 0.207. The summed E-state index contributed by atoms with van der Waals surface area (Å²) in [5, 5.41) is 0. The number of hydrogen-bond donors (Lipinski definition) is 1. The van der Waals surface area contributed by atoms with Crippen molar-refractivity contribution >= 4 is 0 Å². The molecule has 0 saturated carbocycles. The molecule has 0 aliphatic heterocycles. The van der Waals surface area contributed by atoms with Crippen molar-refractivity contribution in [3.8, 4) is 0 Å². The van der Waals surface area contributed by atoms with Crippen LogP contribution in [0.25, 0.3) is 0 Å². The first kappa shape index (κ1) is 26.3. The van der Waals surface area contributed by atoms with E-state index in [-0.39, 0.29) is 21.7 Å². The predicted molar refractivity (Wildman–Crippen MR) is 133 cm³/mol. The van der Waals surface area contributed by atoms with Gasteiger partial charge in [0.1, 0.15) is 0 Å². The van der Waals surface area contributed by atoms with E-state index in [0.717, 1.165) is 0 Å². The Balaban J connectivity index is 4.26. The summed E-state index contributed by atoms with van der Waals surface area (Å²) in [4.78, 5) is 4.18. The largest absolute Gasteiger partial charge is 0.361 e. The van der Waals surface area contributed by atoms with Crippen LogP contribution in [-0.2, 0) is 21.7 Å². The van der Waals surface area contributed by atoms with E-state index in [9.17, 15) is 0 Å². The first-order valence-electron chi connectivity index (χ1n) is 12.7. The van der Waals surface area contributed by atoms with Gasteiger partial charge in [-0.2, -0.15) is 0 Å². The Bertz CT molecular complexity index is 577. The first-order valence-corrected chi connectivity index (χ1v) is 12.7. The summed E-state index contributed by atoms with van der Waals surface area (Å²) < 4.78 is 0. The molecule has 1 heterocycles. The van der Waals surface area contributed by atoms with Crippen LogP contribution in [0.15, 0.2) is 0 Å². The van der Waals surface area contributed by atoms with Crippen LogP contribution >= 0.6 is 0 Å². The lowest BCUT2D eigenvalue weighted by molar-refractivity contribution is 0.365. The second-order valence-corrected chi connectivity index (χ2v) is 10.7. The van der Waals surface area contributed by atoms with Gasteiger partial charge in [-0.1, -0.05) is 83.1 Å². The van der Waals surface area contributed by atoms with Crippen molar-refractivity contribution in [2.75, 3.05) is 0 Å². The standard InChI is InChI=1S/C28H53N/c1-13-25(9,14-2)21-22(26(10,15-3)16-4)24(28(12,19-7)20-8)29-23(21)27(11,17-5)18-6/h29H,13-20H2,1-12H3. The lowest BCUT2D eigenvalue weighted by Gasteiger charge is -2.40. The zero-order valence-corrected chi connectivity index (χ0v) is 22.2. The van der Waals surface area contributed by atoms with Crippen LogP contribution in [0.3, 0.4) is 0 Å². The smallest absolute Gasteiger partial charge is 0.0250 e. The summed E-state index contributed by atoms with van der Waals surface area (Å²) >= 11 is 0. The second kappa shape index (κ2) is 9.61. The molecule has 0 amide bonds. The normalized spacial score (nSPS) is 13.9. The van der Waals surface area contributed by atoms with E-state index in [1.165, 1.54) is 51.4 Å². The highest BCUT2D eigenvalue weighted by Gasteiger charge is 2.44. The Labute approximate surface area is 183 Å². The van der Waals surface area contributed by atoms with Gasteiger partial charge in [0.05, 0.1) is 0 Å². The minimum atomic E-state index is 0.207. The highest BCUT2D eigenvalue weighted by Crippen LogP contribution is 2.52. The van der Waals surface area contributed by atoms with Crippen LogP contribution in [0.5, 0.6) is 0 Å². The Morgan fingerprint density at radius 2 is 0.621 bits per heavy atom. The number of aromatic amines is 1. The summed E-state index contributed by atoms with van der Waals surface area (Å²) in [5.74, 6) is 0. The fourth-order valence-corrected chi connectivity index (χ4v) is 5.03. The molecule has 0 aromatic carbocycles. The molecule has 0 aliphatic carbocycles. The van der Waals surface area contributed by atoms with Gasteiger partial charge in [-0.05, 0) is 73.3 Å². The molecule has 1 aromatic rings. The number of nitrogens with one attached hydrogen (secondary N) is 1. The van der Waals surface area contributed by atoms with E-state index >= 15 is 0 Å². The molecule has 0 fully saturated rings. The first-order chi connectivity index (χ1) is 13.5. The van der Waals surface area contributed by atoms with Gasteiger partial charge in [0.25, 0.3) is 0 Å². The maximum Gasteiger partial charge on any atom is 0.0250 e. The van der Waals surface area contributed by atoms with Gasteiger partial charge in [-0.15, -0.1) is 0 Å². The lowest BCUT2D eigenvalue weighted by atomic mass is 9.63. The van der Waals surface area contributed by atoms with Gasteiger partial charge in [0, 0.05) is 22.2 Å². The molecular formula is C28H53N. The fraction of sp³-hybridized carbons (Fsp3) is 0.857. The van der Waals surface area contributed by atoms with Crippen molar-refractivity contribution in [1.29, 1.82) is 0 Å². The zero-order chi connectivity index (χ0) is 22.7. The summed E-state index contributed by atoms with van der Waals surface area (Å²) in [6.07, 6.45) is 9.52. The van der Waals surface area contributed by atoms with Crippen molar-refractivity contribution in [3.05, 3.63) is 22.5 Å². The monoisotopic (exact) mass is 403 g/mol. The molecule has 0 radical (unpaired) electrons. The Morgan fingerprint density at radius 3 is 0.793 bits per heavy atom. The van der Waals surface area contributed by atoms with E-state index in [1.54, 1.807) is 22.5 Å². The van der Waals surface area contributed by atoms with E-state index in [0.29, 0.717) is 0 Å². The molecule has 170 valence electrons. The molecule has 0 atom stereocenters. The van der Waals surface area contributed by atoms with Crippen LogP contribution < -0.4 is 0 Å². The van der Waals surface area contributed by atoms with Gasteiger partial charge in [-0.25, -0.2) is 0 Å². The van der Waals surface area contributed by atoms with E-state index < -0.39 is 0 Å². The fourth-order valence-electron chi connectivity index (χ4n) is 5.03. The van der Waals surface area contributed by atoms with Gasteiger partial charge >= 0.3 is 0 Å². The zero-order valence-electron chi connectivity index (χ0n) is 22.2. The van der Waals surface area contributed by atoms with Gasteiger partial charge in [0.2, 0.25) is 0 Å². The quantitative estimate of drug-likeness (QED) is 0.358. The third-order valence-corrected chi connectivity index (χ3v) is 9.66. The third-order valence-electron chi connectivity index (χ3n) is 9.66. The molecule has 0 spiro atoms. The molecule has 0 aliphatic rings. The molecule has 1 N–H and O–H groups in total. The highest BCUT2D eigenvalue weighted by molar-refractivity contribution is 5.52. The van der Waals surface area contributed by atoms with Crippen molar-refractivity contribution < 1.29 is 0 Å². The SMILES string of the molecule is CCC(C)(CC)c1[nH]c(C(C)(CC)CC)c(C(C)(CC)CC)c1C(C)(CC)CC. The van der Waals surface area contributed by atoms with Crippen molar-refractivity contribution in [2.24, 2.45) is 0 Å². The number of hydrogen-bond acceptors (Lipinski definition) is 0. The van der Waals surface area contributed by atoms with E-state index in [1.807, 2.05) is 0 Å². The molecular weight excluding hydrogens is 350 g/mol. The number of aromatic nitrogens is 1. The Morgan fingerprint density at radius 1 is 0.414 bits per heavy atom. The maximum absolute atomic E-state index is 4.18. The van der Waals surface area contributed by atoms with E-state index in [4.69, 9.17) is 0 Å². The molecule has 1 heteroatoms. The maximum atomic E-state index is 4.18. The van der Waals surface area contributed by atoms with Crippen LogP contribution in [0.4, 0.5) is 0 Å². The van der Waals surface area contributed by atoms with Gasteiger partial charge in [0.15, 0.2) is 0 Å². The third kappa shape index (κ3) is 4.35. The van der Waals surface area contributed by atoms with Crippen molar-refractivity contribution in [1.82, 2.24) is 4.98 Å². The van der Waals surface area contributed by atoms with Crippen LogP contribution in [0.2, 0.25) is 0 Å². The average molecular weight is 404 g/mol. The topological polar surface area (TPSA) is 15.8 Å². The molecule has 1 nitrogen and oxygen atoms in total. The Hall–Kier alpha value is -0.720. The predicted octanol–water partition coefficient (Wildman–Crippen LogP) is 9.33. The van der Waals surface area contributed by atoms with E-state index in [2.05, 4.69) is 88.1 Å². The molecule has 1 rings (SSSR count). The lowest BCUT2D eigenvalue weighted by Crippen LogP contribution is -2.33. The summed E-state index contributed by atoms with van der Waals surface area (Å²) in [6, 6.07) is 0. The molecule has 29 heavy (non-hydrogen) atoms. The average Bonchev–Trinajstić information content (AvgIpc) is 3.20. The van der Waals surface area contributed by atoms with Crippen LogP contribution in [0.1, 0.15) is 157 Å². The summed E-state index contributed by atoms with van der Waals surface area (Å²) in [7, 11) is 0. The number of rotatable bonds is 12. The van der Waals surface area contributed by atoms with Gasteiger partial charge in [-0.3, -0.25) is 0 Å². The number of H-pyrrole nitrogens is 1. The van der Waals surface area contributed by atoms with Crippen LogP contribution in [0, 0.1) is 0 Å². The Kier molecular flexibility index (Phi) is 8.72. The molecule has 0 unspecified atom stereocenters. The highest BCUT2D eigenvalue weighted by atomic mass is 14.8. The summed E-state index contributed by atoms with van der Waals surface area (Å²) in [6.45, 7) is 29.1. The van der Waals surface area contributed by atoms with Crippen LogP contribution in [-0.4, -0.2) is 4.98 Å². The molecule has 0 saturated heterocycles. The summed E-state index contributed by atoms with van der Waals surface area (Å²) in [5.41, 5.74) is 7.33. The van der Waals surface area contributed by atoms with Gasteiger partial charge < -0.3 is 4.98 Å². The second-order valence-electron chi connectivity index (χ2n) is 10.7. The molecule has 1 aromatic heterocycles. The van der Waals surface area contributed by atoms with Crippen molar-refractivity contribution in [2.45, 2.75) is 156 Å².